The van der Waals surface area contributed by atoms with Crippen LogP contribution in [0.5, 0.6) is 0 Å². The summed E-state index contributed by atoms with van der Waals surface area (Å²) in [6.45, 7) is 1.01. The van der Waals surface area contributed by atoms with Gasteiger partial charge in [-0.3, -0.25) is 4.79 Å². The summed E-state index contributed by atoms with van der Waals surface area (Å²) in [5.74, 6) is 0.850. The lowest BCUT2D eigenvalue weighted by Crippen LogP contribution is -2.11. The van der Waals surface area contributed by atoms with Gasteiger partial charge in [-0.05, 0) is 55.2 Å². The Balaban J connectivity index is 1.60. The predicted octanol–water partition coefficient (Wildman–Crippen LogP) is 2.78. The van der Waals surface area contributed by atoms with Crippen LogP contribution in [0.15, 0.2) is 18.2 Å². The van der Waals surface area contributed by atoms with Gasteiger partial charge in [-0.15, -0.1) is 0 Å². The molecular weight excluding hydrogens is 212 g/mol. The fourth-order valence-electron chi connectivity index (χ4n) is 2.43. The second-order valence-electron chi connectivity index (χ2n) is 5.22. The van der Waals surface area contributed by atoms with Gasteiger partial charge in [-0.2, -0.15) is 0 Å². The van der Waals surface area contributed by atoms with Crippen molar-refractivity contribution in [3.8, 4) is 0 Å². The Morgan fingerprint density at radius 2 is 2.06 bits per heavy atom. The van der Waals surface area contributed by atoms with E-state index in [2.05, 4.69) is 12.1 Å². The van der Waals surface area contributed by atoms with E-state index in [1.54, 1.807) is 0 Å². The van der Waals surface area contributed by atoms with Crippen LogP contribution in [0.25, 0.3) is 0 Å². The molecule has 0 aromatic heterocycles. The lowest BCUT2D eigenvalue weighted by molar-refractivity contribution is 0.0740. The Labute approximate surface area is 102 Å². The third-order valence-electron chi connectivity index (χ3n) is 3.70. The van der Waals surface area contributed by atoms with Crippen molar-refractivity contribution in [3.63, 3.8) is 0 Å². The monoisotopic (exact) mass is 230 g/mol. The van der Waals surface area contributed by atoms with Gasteiger partial charge in [0.05, 0.1) is 6.61 Å². The third kappa shape index (κ3) is 2.58. The van der Waals surface area contributed by atoms with Crippen molar-refractivity contribution >= 4 is 5.78 Å². The van der Waals surface area contributed by atoms with E-state index in [9.17, 15) is 4.79 Å². The number of Topliss-reactive ketones (excluding diaryl/α,β-unsaturated/α-hetero) is 1. The van der Waals surface area contributed by atoms with E-state index in [1.165, 1.54) is 36.8 Å². The minimum Gasteiger partial charge on any atom is -0.373 e. The van der Waals surface area contributed by atoms with Gasteiger partial charge < -0.3 is 4.74 Å². The molecule has 0 amide bonds. The summed E-state index contributed by atoms with van der Waals surface area (Å²) < 4.78 is 5.44. The number of carbonyl (C=O) groups excluding carboxylic acids is 1. The molecule has 0 aliphatic heterocycles. The van der Waals surface area contributed by atoms with E-state index in [0.717, 1.165) is 24.5 Å². The maximum absolute atomic E-state index is 11.9. The van der Waals surface area contributed by atoms with Gasteiger partial charge in [0.1, 0.15) is 6.61 Å². The first-order chi connectivity index (χ1) is 8.33. The molecule has 0 unspecified atom stereocenters. The summed E-state index contributed by atoms with van der Waals surface area (Å²) >= 11 is 0. The highest BCUT2D eigenvalue weighted by Crippen LogP contribution is 2.28. The Hall–Kier alpha value is -1.15. The third-order valence-corrected chi connectivity index (χ3v) is 3.70. The van der Waals surface area contributed by atoms with Gasteiger partial charge >= 0.3 is 0 Å². The lowest BCUT2D eigenvalue weighted by atomic mass is 10.0. The van der Waals surface area contributed by atoms with E-state index in [1.807, 2.05) is 6.07 Å². The molecule has 0 heterocycles. The molecular formula is C15H18O2. The van der Waals surface area contributed by atoms with Crippen molar-refractivity contribution in [1.29, 1.82) is 0 Å². The van der Waals surface area contributed by atoms with Crippen LogP contribution in [0.1, 0.15) is 40.7 Å². The Morgan fingerprint density at radius 3 is 2.88 bits per heavy atom. The van der Waals surface area contributed by atoms with Crippen LogP contribution in [0.2, 0.25) is 0 Å². The molecule has 0 radical (unpaired) electrons. The average molecular weight is 230 g/mol. The molecule has 0 N–H and O–H groups in total. The van der Waals surface area contributed by atoms with Crippen LogP contribution < -0.4 is 0 Å². The number of benzene rings is 1. The fourth-order valence-corrected chi connectivity index (χ4v) is 2.43. The predicted molar refractivity (Wildman–Crippen MR) is 66.3 cm³/mol. The number of rotatable bonds is 5. The smallest absolute Gasteiger partial charge is 0.188 e. The van der Waals surface area contributed by atoms with Gasteiger partial charge in [-0.1, -0.05) is 12.1 Å². The molecule has 2 aliphatic carbocycles. The molecule has 1 fully saturated rings. The fraction of sp³-hybridized carbons (Fsp3) is 0.533. The number of hydrogen-bond donors (Lipinski definition) is 0. The van der Waals surface area contributed by atoms with E-state index >= 15 is 0 Å². The van der Waals surface area contributed by atoms with Crippen LogP contribution in [-0.4, -0.2) is 19.0 Å². The quantitative estimate of drug-likeness (QED) is 0.727. The molecule has 2 aliphatic rings. The normalized spacial score (nSPS) is 18.1. The van der Waals surface area contributed by atoms with Gasteiger partial charge in [0.2, 0.25) is 0 Å². The highest BCUT2D eigenvalue weighted by atomic mass is 16.5. The second kappa shape index (κ2) is 4.61. The number of hydrogen-bond acceptors (Lipinski definition) is 2. The van der Waals surface area contributed by atoms with E-state index < -0.39 is 0 Å². The molecule has 2 heteroatoms. The van der Waals surface area contributed by atoms with Crippen LogP contribution in [0, 0.1) is 5.92 Å². The van der Waals surface area contributed by atoms with Gasteiger partial charge in [0.15, 0.2) is 5.78 Å². The van der Waals surface area contributed by atoms with Crippen molar-refractivity contribution in [2.45, 2.75) is 32.1 Å². The number of ether oxygens (including phenoxy) is 1. The first-order valence-electron chi connectivity index (χ1n) is 6.55. The van der Waals surface area contributed by atoms with Crippen LogP contribution in [0.4, 0.5) is 0 Å². The molecule has 0 spiro atoms. The number of fused-ring (bicyclic) bond motifs is 1. The van der Waals surface area contributed by atoms with Crippen LogP contribution >= 0.6 is 0 Å². The summed E-state index contributed by atoms with van der Waals surface area (Å²) in [5.41, 5.74) is 3.60. The van der Waals surface area contributed by atoms with E-state index in [4.69, 9.17) is 4.74 Å². The summed E-state index contributed by atoms with van der Waals surface area (Å²) in [4.78, 5) is 11.9. The molecule has 90 valence electrons. The minimum absolute atomic E-state index is 0.125. The molecule has 1 saturated carbocycles. The Bertz CT molecular complexity index is 433. The first-order valence-corrected chi connectivity index (χ1v) is 6.55. The molecule has 2 nitrogen and oxygen atoms in total. The standard InChI is InChI=1S/C15H18O2/c16-15(10-17-9-11-4-5-11)14-7-6-12-2-1-3-13(12)8-14/h6-8,11H,1-5,9-10H2. The number of ketones is 1. The highest BCUT2D eigenvalue weighted by Gasteiger charge is 2.22. The molecule has 1 aromatic carbocycles. The molecule has 0 atom stereocenters. The molecule has 1 aromatic rings. The number of aryl methyl sites for hydroxylation is 2. The highest BCUT2D eigenvalue weighted by molar-refractivity contribution is 5.97. The molecule has 0 bridgehead atoms. The zero-order valence-electron chi connectivity index (χ0n) is 10.1. The molecule has 0 saturated heterocycles. The Kier molecular flexibility index (Phi) is 2.98. The van der Waals surface area contributed by atoms with E-state index in [0.29, 0.717) is 0 Å². The zero-order valence-corrected chi connectivity index (χ0v) is 10.1. The summed E-state index contributed by atoms with van der Waals surface area (Å²) in [5, 5.41) is 0. The number of carbonyl (C=O) groups is 1. The first kappa shape index (κ1) is 11.0. The second-order valence-corrected chi connectivity index (χ2v) is 5.22. The van der Waals surface area contributed by atoms with Crippen molar-refractivity contribution in [3.05, 3.63) is 34.9 Å². The van der Waals surface area contributed by atoms with Crippen LogP contribution in [0.3, 0.4) is 0 Å². The van der Waals surface area contributed by atoms with E-state index in [-0.39, 0.29) is 12.4 Å². The zero-order chi connectivity index (χ0) is 11.7. The van der Waals surface area contributed by atoms with Crippen molar-refractivity contribution in [2.24, 2.45) is 5.92 Å². The average Bonchev–Trinajstić information content (AvgIpc) is 3.04. The van der Waals surface area contributed by atoms with Gasteiger partial charge in [0.25, 0.3) is 0 Å². The van der Waals surface area contributed by atoms with Crippen molar-refractivity contribution in [1.82, 2.24) is 0 Å². The maximum atomic E-state index is 11.9. The van der Waals surface area contributed by atoms with Gasteiger partial charge in [-0.25, -0.2) is 0 Å². The Morgan fingerprint density at radius 1 is 1.24 bits per heavy atom. The van der Waals surface area contributed by atoms with Crippen LogP contribution in [-0.2, 0) is 17.6 Å². The minimum atomic E-state index is 0.125. The maximum Gasteiger partial charge on any atom is 0.188 e. The SMILES string of the molecule is O=C(COCC1CC1)c1ccc2c(c1)CCC2. The molecule has 17 heavy (non-hydrogen) atoms. The summed E-state index contributed by atoms with van der Waals surface area (Å²) in [6, 6.07) is 6.12. The topological polar surface area (TPSA) is 26.3 Å². The molecule has 3 rings (SSSR count). The summed E-state index contributed by atoms with van der Waals surface area (Å²) in [7, 11) is 0. The largest absolute Gasteiger partial charge is 0.373 e. The van der Waals surface area contributed by atoms with Crippen molar-refractivity contribution in [2.75, 3.05) is 13.2 Å². The van der Waals surface area contributed by atoms with Crippen molar-refractivity contribution < 1.29 is 9.53 Å². The summed E-state index contributed by atoms with van der Waals surface area (Å²) in [6.07, 6.45) is 6.06. The lowest BCUT2D eigenvalue weighted by Gasteiger charge is -2.05. The van der Waals surface area contributed by atoms with Gasteiger partial charge in [0, 0.05) is 5.56 Å².